The van der Waals surface area contributed by atoms with E-state index in [1.54, 1.807) is 11.3 Å². The van der Waals surface area contributed by atoms with E-state index < -0.39 is 0 Å². The molecule has 5 heteroatoms. The summed E-state index contributed by atoms with van der Waals surface area (Å²) in [7, 11) is 0. The fraction of sp³-hybridized carbons (Fsp3) is 0. The van der Waals surface area contributed by atoms with E-state index in [2.05, 4.69) is 21.2 Å². The van der Waals surface area contributed by atoms with Crippen LogP contribution in [0.3, 0.4) is 0 Å². The Kier molecular flexibility index (Phi) is 3.28. The predicted octanol–water partition coefficient (Wildman–Crippen LogP) is 4.60. The van der Waals surface area contributed by atoms with Crippen molar-refractivity contribution in [3.05, 3.63) is 50.0 Å². The second-order valence-corrected chi connectivity index (χ2v) is 6.67. The molecule has 0 unspecified atom stereocenters. The van der Waals surface area contributed by atoms with Crippen LogP contribution >= 0.6 is 39.0 Å². The second kappa shape index (κ2) is 4.91. The highest BCUT2D eigenvalue weighted by Crippen LogP contribution is 2.39. The number of hydrogen-bond donors (Lipinski definition) is 1. The zero-order chi connectivity index (χ0) is 12.5. The van der Waals surface area contributed by atoms with E-state index in [0.29, 0.717) is 0 Å². The standard InChI is InChI=1S/C13H8BrNOS2/c14-8-5-9(17-7-8)6-12-13(16)15-10-3-1-2-4-11(10)18-12/h1-7H,(H,15,16). The van der Waals surface area contributed by atoms with Gasteiger partial charge in [0.25, 0.3) is 5.91 Å². The lowest BCUT2D eigenvalue weighted by Gasteiger charge is -2.17. The van der Waals surface area contributed by atoms with Gasteiger partial charge in [0.15, 0.2) is 0 Å². The molecule has 1 aromatic carbocycles. The third kappa shape index (κ3) is 2.39. The quantitative estimate of drug-likeness (QED) is 0.770. The maximum absolute atomic E-state index is 12.0. The minimum absolute atomic E-state index is 0.0387. The maximum Gasteiger partial charge on any atom is 0.262 e. The molecule has 90 valence electrons. The summed E-state index contributed by atoms with van der Waals surface area (Å²) < 4.78 is 1.04. The normalized spacial score (nSPS) is 16.5. The van der Waals surface area contributed by atoms with Gasteiger partial charge in [0, 0.05) is 19.6 Å². The summed E-state index contributed by atoms with van der Waals surface area (Å²) in [6, 6.07) is 9.83. The number of thiophene rings is 1. The Labute approximate surface area is 121 Å². The van der Waals surface area contributed by atoms with E-state index >= 15 is 0 Å². The molecule has 0 spiro atoms. The monoisotopic (exact) mass is 337 g/mol. The largest absolute Gasteiger partial charge is 0.320 e. The number of halogens is 1. The lowest BCUT2D eigenvalue weighted by molar-refractivity contribution is -0.112. The Hall–Kier alpha value is -1.04. The highest BCUT2D eigenvalue weighted by molar-refractivity contribution is 9.10. The molecule has 0 atom stereocenters. The van der Waals surface area contributed by atoms with Gasteiger partial charge in [0.1, 0.15) is 0 Å². The molecule has 2 aromatic rings. The van der Waals surface area contributed by atoms with Crippen LogP contribution in [0, 0.1) is 0 Å². The van der Waals surface area contributed by atoms with Crippen LogP contribution in [0.2, 0.25) is 0 Å². The van der Waals surface area contributed by atoms with Gasteiger partial charge in [-0.15, -0.1) is 11.3 Å². The molecule has 2 nitrogen and oxygen atoms in total. The number of rotatable bonds is 1. The number of anilines is 1. The number of para-hydroxylation sites is 1. The minimum Gasteiger partial charge on any atom is -0.320 e. The van der Waals surface area contributed by atoms with Crippen molar-refractivity contribution < 1.29 is 4.79 Å². The molecule has 1 amide bonds. The molecule has 18 heavy (non-hydrogen) atoms. The van der Waals surface area contributed by atoms with E-state index in [9.17, 15) is 4.79 Å². The van der Waals surface area contributed by atoms with Crippen molar-refractivity contribution >= 4 is 56.7 Å². The zero-order valence-corrected chi connectivity index (χ0v) is 12.4. The number of benzene rings is 1. The topological polar surface area (TPSA) is 29.1 Å². The van der Waals surface area contributed by atoms with Crippen molar-refractivity contribution in [1.29, 1.82) is 0 Å². The first kappa shape index (κ1) is 12.0. The third-order valence-corrected chi connectivity index (χ3v) is 5.18. The first-order chi connectivity index (χ1) is 8.72. The van der Waals surface area contributed by atoms with Crippen LogP contribution in [0.1, 0.15) is 4.88 Å². The van der Waals surface area contributed by atoms with Crippen molar-refractivity contribution in [2.45, 2.75) is 4.90 Å². The summed E-state index contributed by atoms with van der Waals surface area (Å²) in [4.78, 5) is 14.8. The van der Waals surface area contributed by atoms with Gasteiger partial charge in [-0.2, -0.15) is 0 Å². The third-order valence-electron chi connectivity index (χ3n) is 2.44. The molecule has 2 heterocycles. The van der Waals surface area contributed by atoms with Gasteiger partial charge in [-0.25, -0.2) is 0 Å². The van der Waals surface area contributed by atoms with Crippen molar-refractivity contribution in [3.63, 3.8) is 0 Å². The summed E-state index contributed by atoms with van der Waals surface area (Å²) in [6.07, 6.45) is 1.92. The Morgan fingerprint density at radius 3 is 2.89 bits per heavy atom. The van der Waals surface area contributed by atoms with Crippen molar-refractivity contribution in [1.82, 2.24) is 0 Å². The number of fused-ring (bicyclic) bond motifs is 1. The summed E-state index contributed by atoms with van der Waals surface area (Å²) in [5, 5.41) is 4.91. The fourth-order valence-corrected chi connectivity index (χ4v) is 4.03. The van der Waals surface area contributed by atoms with E-state index in [4.69, 9.17) is 0 Å². The van der Waals surface area contributed by atoms with E-state index in [-0.39, 0.29) is 5.91 Å². The van der Waals surface area contributed by atoms with Gasteiger partial charge >= 0.3 is 0 Å². The Balaban J connectivity index is 1.96. The molecule has 0 fully saturated rings. The molecule has 1 aliphatic heterocycles. The van der Waals surface area contributed by atoms with Gasteiger partial charge in [0.05, 0.1) is 10.6 Å². The second-order valence-electron chi connectivity index (χ2n) is 3.73. The van der Waals surface area contributed by atoms with Gasteiger partial charge in [-0.05, 0) is 40.2 Å². The van der Waals surface area contributed by atoms with Crippen LogP contribution < -0.4 is 5.32 Å². The minimum atomic E-state index is -0.0387. The Morgan fingerprint density at radius 1 is 1.28 bits per heavy atom. The van der Waals surface area contributed by atoms with Crippen LogP contribution in [0.25, 0.3) is 6.08 Å². The molecule has 0 bridgehead atoms. The molecule has 1 aliphatic rings. The van der Waals surface area contributed by atoms with Crippen molar-refractivity contribution in [2.75, 3.05) is 5.32 Å². The smallest absolute Gasteiger partial charge is 0.262 e. The molecule has 0 saturated carbocycles. The average Bonchev–Trinajstić information content (AvgIpc) is 2.76. The molecule has 1 N–H and O–H groups in total. The van der Waals surface area contributed by atoms with E-state index in [1.165, 1.54) is 11.8 Å². The predicted molar refractivity (Wildman–Crippen MR) is 80.9 cm³/mol. The Morgan fingerprint density at radius 2 is 2.11 bits per heavy atom. The SMILES string of the molecule is O=C1Nc2ccccc2SC1=Cc1cc(Br)cs1. The average molecular weight is 338 g/mol. The number of carbonyl (C=O) groups is 1. The lowest BCUT2D eigenvalue weighted by atomic mass is 10.3. The van der Waals surface area contributed by atoms with Gasteiger partial charge < -0.3 is 5.32 Å². The van der Waals surface area contributed by atoms with Gasteiger partial charge in [-0.1, -0.05) is 23.9 Å². The highest BCUT2D eigenvalue weighted by Gasteiger charge is 2.20. The first-order valence-electron chi connectivity index (χ1n) is 5.26. The van der Waals surface area contributed by atoms with Crippen molar-refractivity contribution in [3.8, 4) is 0 Å². The number of nitrogens with one attached hydrogen (secondary N) is 1. The van der Waals surface area contributed by atoms with E-state index in [1.807, 2.05) is 41.8 Å². The van der Waals surface area contributed by atoms with Crippen LogP contribution in [0.4, 0.5) is 5.69 Å². The lowest BCUT2D eigenvalue weighted by Crippen LogP contribution is -2.16. The van der Waals surface area contributed by atoms with Gasteiger partial charge in [0.2, 0.25) is 0 Å². The first-order valence-corrected chi connectivity index (χ1v) is 7.75. The van der Waals surface area contributed by atoms with Crippen LogP contribution in [-0.2, 0) is 4.79 Å². The van der Waals surface area contributed by atoms with Crippen molar-refractivity contribution in [2.24, 2.45) is 0 Å². The number of thioether (sulfide) groups is 1. The number of hydrogen-bond acceptors (Lipinski definition) is 3. The molecule has 1 aromatic heterocycles. The summed E-state index contributed by atoms with van der Waals surface area (Å²) >= 11 is 6.53. The number of carbonyl (C=O) groups excluding carboxylic acids is 1. The molecule has 0 saturated heterocycles. The molecular weight excluding hydrogens is 330 g/mol. The zero-order valence-electron chi connectivity index (χ0n) is 9.14. The summed E-state index contributed by atoms with van der Waals surface area (Å²) in [5.41, 5.74) is 0.886. The molecular formula is C13H8BrNOS2. The van der Waals surface area contributed by atoms with Crippen LogP contribution in [0.15, 0.2) is 50.0 Å². The summed E-state index contributed by atoms with van der Waals surface area (Å²) in [6.45, 7) is 0. The van der Waals surface area contributed by atoms with Crippen LogP contribution in [-0.4, -0.2) is 5.91 Å². The summed E-state index contributed by atoms with van der Waals surface area (Å²) in [5.74, 6) is -0.0387. The maximum atomic E-state index is 12.0. The molecule has 0 radical (unpaired) electrons. The highest BCUT2D eigenvalue weighted by atomic mass is 79.9. The number of amides is 1. The Bertz CT molecular complexity index is 648. The van der Waals surface area contributed by atoms with Gasteiger partial charge in [-0.3, -0.25) is 4.79 Å². The molecule has 0 aliphatic carbocycles. The fourth-order valence-electron chi connectivity index (χ4n) is 1.64. The molecule has 3 rings (SSSR count). The van der Waals surface area contributed by atoms with Crippen LogP contribution in [0.5, 0.6) is 0 Å². The van der Waals surface area contributed by atoms with E-state index in [0.717, 1.165) is 24.8 Å².